The van der Waals surface area contributed by atoms with Crippen molar-refractivity contribution in [3.05, 3.63) is 59.1 Å². The number of amides is 2. The highest BCUT2D eigenvalue weighted by molar-refractivity contribution is 8.14. The van der Waals surface area contributed by atoms with Crippen molar-refractivity contribution in [1.82, 2.24) is 4.90 Å². The van der Waals surface area contributed by atoms with Crippen LogP contribution < -0.4 is 5.32 Å². The highest BCUT2D eigenvalue weighted by Crippen LogP contribution is 2.32. The molecule has 1 heterocycles. The van der Waals surface area contributed by atoms with Crippen LogP contribution in [-0.2, 0) is 6.18 Å². The smallest absolute Gasteiger partial charge is 0.307 e. The highest BCUT2D eigenvalue weighted by atomic mass is 35.5. The van der Waals surface area contributed by atoms with E-state index < -0.39 is 17.8 Å². The zero-order valence-electron chi connectivity index (χ0n) is 14.1. The van der Waals surface area contributed by atoms with Gasteiger partial charge in [0.2, 0.25) is 0 Å². The van der Waals surface area contributed by atoms with Crippen molar-refractivity contribution in [2.24, 2.45) is 4.99 Å². The third kappa shape index (κ3) is 4.95. The quantitative estimate of drug-likeness (QED) is 0.654. The Bertz CT molecular complexity index is 888. The van der Waals surface area contributed by atoms with Gasteiger partial charge in [0.05, 0.1) is 11.3 Å². The van der Waals surface area contributed by atoms with Gasteiger partial charge in [-0.3, -0.25) is 4.90 Å². The van der Waals surface area contributed by atoms with Crippen molar-refractivity contribution in [2.45, 2.75) is 18.3 Å². The Morgan fingerprint density at radius 2 is 2.00 bits per heavy atom. The number of benzene rings is 2. The van der Waals surface area contributed by atoms with Crippen LogP contribution in [0.2, 0.25) is 5.02 Å². The first-order chi connectivity index (χ1) is 12.7. The molecule has 1 aliphatic heterocycles. The third-order valence-electron chi connectivity index (χ3n) is 3.70. The van der Waals surface area contributed by atoms with Crippen LogP contribution in [0.4, 0.5) is 29.3 Å². The topological polar surface area (TPSA) is 44.7 Å². The van der Waals surface area contributed by atoms with Crippen LogP contribution in [0.25, 0.3) is 0 Å². The van der Waals surface area contributed by atoms with Crippen LogP contribution in [-0.4, -0.2) is 27.9 Å². The molecule has 0 radical (unpaired) electrons. The molecule has 0 unspecified atom stereocenters. The number of aliphatic imine (C=N–C) groups is 1. The molecule has 0 bridgehead atoms. The predicted molar refractivity (Wildman–Crippen MR) is 103 cm³/mol. The number of carbonyl (C=O) groups excluding carboxylic acids is 1. The summed E-state index contributed by atoms with van der Waals surface area (Å²) in [6.45, 7) is 2.34. The van der Waals surface area contributed by atoms with E-state index in [1.807, 2.05) is 6.92 Å². The Balaban J connectivity index is 1.80. The summed E-state index contributed by atoms with van der Waals surface area (Å²) in [6.07, 6.45) is -4.47. The molecule has 2 amide bonds. The molecule has 0 aliphatic carbocycles. The summed E-state index contributed by atoms with van der Waals surface area (Å²) in [5.41, 5.74) is -0.158. The lowest BCUT2D eigenvalue weighted by atomic mass is 10.2. The molecule has 1 fully saturated rings. The molecule has 1 saturated heterocycles. The maximum Gasteiger partial charge on any atom is 0.416 e. The molecule has 142 valence electrons. The summed E-state index contributed by atoms with van der Waals surface area (Å²) in [7, 11) is 0. The minimum absolute atomic E-state index is 0.0708. The fourth-order valence-corrected chi connectivity index (χ4v) is 3.70. The van der Waals surface area contributed by atoms with Crippen LogP contribution >= 0.6 is 23.4 Å². The Morgan fingerprint density at radius 3 is 2.70 bits per heavy atom. The van der Waals surface area contributed by atoms with Gasteiger partial charge < -0.3 is 5.32 Å². The average molecular weight is 414 g/mol. The van der Waals surface area contributed by atoms with E-state index in [-0.39, 0.29) is 10.9 Å². The van der Waals surface area contributed by atoms with E-state index in [0.29, 0.717) is 22.4 Å². The second kappa shape index (κ2) is 7.82. The monoisotopic (exact) mass is 413 g/mol. The van der Waals surface area contributed by atoms with E-state index in [2.05, 4.69) is 10.3 Å². The van der Waals surface area contributed by atoms with E-state index in [9.17, 15) is 18.0 Å². The molecule has 1 N–H and O–H groups in total. The molecule has 0 aromatic heterocycles. The van der Waals surface area contributed by atoms with Gasteiger partial charge in [0.15, 0.2) is 5.17 Å². The van der Waals surface area contributed by atoms with E-state index in [4.69, 9.17) is 11.6 Å². The lowest BCUT2D eigenvalue weighted by Crippen LogP contribution is -2.36. The van der Waals surface area contributed by atoms with Crippen molar-refractivity contribution in [1.29, 1.82) is 0 Å². The number of carbonyl (C=O) groups is 1. The number of urea groups is 1. The zero-order chi connectivity index (χ0) is 19.6. The van der Waals surface area contributed by atoms with Crippen LogP contribution in [0.1, 0.15) is 12.5 Å². The largest absolute Gasteiger partial charge is 0.416 e. The summed E-state index contributed by atoms with van der Waals surface area (Å²) in [4.78, 5) is 18.5. The maximum atomic E-state index is 12.8. The Kier molecular flexibility index (Phi) is 5.67. The number of nitrogens with zero attached hydrogens (tertiary/aromatic N) is 2. The van der Waals surface area contributed by atoms with Crippen LogP contribution in [0.15, 0.2) is 53.5 Å². The molecular formula is C18H15ClF3N3OS. The predicted octanol–water partition coefficient (Wildman–Crippen LogP) is 6.02. The number of halogens is 4. The second-order valence-electron chi connectivity index (χ2n) is 5.92. The van der Waals surface area contributed by atoms with Crippen molar-refractivity contribution in [3.8, 4) is 0 Å². The number of alkyl halides is 3. The number of amidine groups is 1. The molecule has 9 heteroatoms. The molecule has 4 nitrogen and oxygen atoms in total. The standard InChI is InChI=1S/C18H15ClF3N3OS/c1-11-10-25(17(27-11)24-15-7-3-5-13(19)9-15)16(26)23-14-6-2-4-12(8-14)18(20,21)22/h2-9,11H,10H2,1H3,(H,23,26)/t11-/m1/s1. The van der Waals surface area contributed by atoms with Crippen molar-refractivity contribution in [2.75, 3.05) is 11.9 Å². The van der Waals surface area contributed by atoms with Gasteiger partial charge in [0.25, 0.3) is 0 Å². The second-order valence-corrected chi connectivity index (χ2v) is 7.76. The fourth-order valence-electron chi connectivity index (χ4n) is 2.49. The minimum Gasteiger partial charge on any atom is -0.307 e. The van der Waals surface area contributed by atoms with Crippen LogP contribution in [0.3, 0.4) is 0 Å². The molecule has 1 aliphatic rings. The van der Waals surface area contributed by atoms with Gasteiger partial charge in [0, 0.05) is 22.5 Å². The average Bonchev–Trinajstić information content (AvgIpc) is 2.95. The van der Waals surface area contributed by atoms with Gasteiger partial charge in [-0.05, 0) is 36.4 Å². The molecular weight excluding hydrogens is 399 g/mol. The third-order valence-corrected chi connectivity index (χ3v) is 5.01. The first-order valence-electron chi connectivity index (χ1n) is 7.99. The molecule has 0 saturated carbocycles. The lowest BCUT2D eigenvalue weighted by molar-refractivity contribution is -0.137. The molecule has 2 aromatic carbocycles. The summed E-state index contributed by atoms with van der Waals surface area (Å²) in [5.74, 6) is 0. The first kappa shape index (κ1) is 19.6. The van der Waals surface area contributed by atoms with E-state index in [0.717, 1.165) is 12.1 Å². The number of rotatable bonds is 2. The number of anilines is 1. The summed E-state index contributed by atoms with van der Waals surface area (Å²) in [5, 5.41) is 3.61. The fraction of sp³-hybridized carbons (Fsp3) is 0.222. The van der Waals surface area contributed by atoms with Crippen molar-refractivity contribution < 1.29 is 18.0 Å². The highest BCUT2D eigenvalue weighted by Gasteiger charge is 2.32. The van der Waals surface area contributed by atoms with Crippen LogP contribution in [0, 0.1) is 0 Å². The maximum absolute atomic E-state index is 12.8. The van der Waals surface area contributed by atoms with E-state index >= 15 is 0 Å². The van der Waals surface area contributed by atoms with Gasteiger partial charge in [-0.15, -0.1) is 0 Å². The molecule has 27 heavy (non-hydrogen) atoms. The molecule has 1 atom stereocenters. The Morgan fingerprint density at radius 1 is 1.26 bits per heavy atom. The van der Waals surface area contributed by atoms with Gasteiger partial charge in [-0.25, -0.2) is 9.79 Å². The SMILES string of the molecule is C[C@@H]1CN(C(=O)Nc2cccc(C(F)(F)F)c2)C(=Nc2cccc(Cl)c2)S1. The molecule has 2 aromatic rings. The van der Waals surface area contributed by atoms with E-state index in [1.54, 1.807) is 24.3 Å². The Hall–Kier alpha value is -2.19. The van der Waals surface area contributed by atoms with Crippen molar-refractivity contribution in [3.63, 3.8) is 0 Å². The zero-order valence-corrected chi connectivity index (χ0v) is 15.7. The summed E-state index contributed by atoms with van der Waals surface area (Å²) >= 11 is 7.37. The van der Waals surface area contributed by atoms with Crippen molar-refractivity contribution >= 4 is 45.9 Å². The minimum atomic E-state index is -4.47. The number of hydrogen-bond acceptors (Lipinski definition) is 3. The van der Waals surface area contributed by atoms with Gasteiger partial charge in [-0.1, -0.05) is 42.4 Å². The summed E-state index contributed by atoms with van der Waals surface area (Å²) < 4.78 is 38.5. The van der Waals surface area contributed by atoms with Gasteiger partial charge in [-0.2, -0.15) is 13.2 Å². The molecule has 3 rings (SSSR count). The summed E-state index contributed by atoms with van der Waals surface area (Å²) in [6, 6.07) is 10.9. The Labute approximate surface area is 163 Å². The number of thioether (sulfide) groups is 1. The number of hydrogen-bond donors (Lipinski definition) is 1. The number of nitrogens with one attached hydrogen (secondary N) is 1. The molecule has 0 spiro atoms. The van der Waals surface area contributed by atoms with Crippen LogP contribution in [0.5, 0.6) is 0 Å². The van der Waals surface area contributed by atoms with Gasteiger partial charge in [0.1, 0.15) is 0 Å². The lowest BCUT2D eigenvalue weighted by Gasteiger charge is -2.17. The van der Waals surface area contributed by atoms with E-state index in [1.165, 1.54) is 28.8 Å². The normalized spacial score (nSPS) is 18.8. The van der Waals surface area contributed by atoms with Gasteiger partial charge >= 0.3 is 12.2 Å². The first-order valence-corrected chi connectivity index (χ1v) is 9.25.